The Morgan fingerprint density at radius 2 is 1.56 bits per heavy atom. The van der Waals surface area contributed by atoms with E-state index in [4.69, 9.17) is 5.73 Å². The first-order valence-corrected chi connectivity index (χ1v) is 9.82. The lowest BCUT2D eigenvalue weighted by molar-refractivity contribution is 0.553. The van der Waals surface area contributed by atoms with Crippen LogP contribution in [0.5, 0.6) is 0 Å². The van der Waals surface area contributed by atoms with Gasteiger partial charge in [-0.2, -0.15) is 0 Å². The molecule has 1 fully saturated rings. The van der Waals surface area contributed by atoms with E-state index in [9.17, 15) is 0 Å². The fraction of sp³-hybridized carbons (Fsp3) is 0.571. The maximum absolute atomic E-state index is 6.20. The summed E-state index contributed by atoms with van der Waals surface area (Å²) in [5.41, 5.74) is 7.90. The molecule has 0 amide bonds. The lowest BCUT2D eigenvalue weighted by atomic mass is 9.89. The monoisotopic (exact) mass is 299 g/mol. The van der Waals surface area contributed by atoms with Crippen LogP contribution in [0.4, 0.5) is 0 Å². The Kier molecular flexibility index (Phi) is 4.63. The second-order valence-electron chi connectivity index (χ2n) is 4.86. The number of benzene rings is 1. The molecule has 100 valence electrons. The minimum absolute atomic E-state index is 0.252. The third kappa shape index (κ3) is 2.45. The van der Waals surface area contributed by atoms with E-state index >= 15 is 0 Å². The molecule has 0 aromatic heterocycles. The van der Waals surface area contributed by atoms with Crippen LogP contribution >= 0.6 is 35.3 Å². The number of hydrogen-bond acceptors (Lipinski definition) is 4. The van der Waals surface area contributed by atoms with Gasteiger partial charge < -0.3 is 5.73 Å². The highest BCUT2D eigenvalue weighted by molar-refractivity contribution is 8.03. The largest absolute Gasteiger partial charge is 0.327 e. The summed E-state index contributed by atoms with van der Waals surface area (Å²) in [4.78, 5) is 4.21. The highest BCUT2D eigenvalue weighted by atomic mass is 32.2. The second kappa shape index (κ2) is 5.70. The molecular weight excluding hydrogens is 278 g/mol. The Balaban J connectivity index is 2.51. The van der Waals surface area contributed by atoms with Crippen LogP contribution in [-0.2, 0) is 5.41 Å². The van der Waals surface area contributed by atoms with Gasteiger partial charge in [-0.05, 0) is 56.2 Å². The zero-order chi connectivity index (χ0) is 13.3. The average Bonchev–Trinajstić information content (AvgIpc) is 3.18. The highest BCUT2D eigenvalue weighted by Crippen LogP contribution is 2.52. The normalized spacial score (nSPS) is 18.7. The summed E-state index contributed by atoms with van der Waals surface area (Å²) in [6.45, 7) is 2.15. The maximum atomic E-state index is 6.20. The third-order valence-corrected chi connectivity index (χ3v) is 6.53. The van der Waals surface area contributed by atoms with Crippen LogP contribution in [0.3, 0.4) is 0 Å². The maximum Gasteiger partial charge on any atom is 0.0341 e. The number of hydrogen-bond donors (Lipinski definition) is 1. The quantitative estimate of drug-likeness (QED) is 0.823. The van der Waals surface area contributed by atoms with Gasteiger partial charge in [0.1, 0.15) is 0 Å². The van der Waals surface area contributed by atoms with Crippen LogP contribution in [0, 0.1) is 0 Å². The predicted octanol–water partition coefficient (Wildman–Crippen LogP) is 4.23. The average molecular weight is 300 g/mol. The first-order valence-electron chi connectivity index (χ1n) is 6.15. The van der Waals surface area contributed by atoms with Crippen molar-refractivity contribution in [3.8, 4) is 0 Å². The Bertz CT molecular complexity index is 414. The molecule has 1 aromatic carbocycles. The Morgan fingerprint density at radius 1 is 1.06 bits per heavy atom. The van der Waals surface area contributed by atoms with Gasteiger partial charge in [0.2, 0.25) is 0 Å². The van der Waals surface area contributed by atoms with Crippen molar-refractivity contribution >= 4 is 35.3 Å². The van der Waals surface area contributed by atoms with Crippen molar-refractivity contribution in [2.24, 2.45) is 5.73 Å². The van der Waals surface area contributed by atoms with E-state index in [0.717, 1.165) is 0 Å². The highest BCUT2D eigenvalue weighted by Gasteiger charge is 2.47. The van der Waals surface area contributed by atoms with E-state index in [2.05, 4.69) is 37.8 Å². The molecule has 1 nitrogen and oxygen atoms in total. The predicted molar refractivity (Wildman–Crippen MR) is 86.3 cm³/mol. The summed E-state index contributed by atoms with van der Waals surface area (Å²) in [5, 5.41) is 0. The fourth-order valence-corrected chi connectivity index (χ4v) is 5.18. The summed E-state index contributed by atoms with van der Waals surface area (Å²) >= 11 is 5.54. The van der Waals surface area contributed by atoms with Crippen molar-refractivity contribution in [1.82, 2.24) is 0 Å². The fourth-order valence-electron chi connectivity index (χ4n) is 2.51. The standard InChI is InChI=1S/C14H21NS3/c1-9(15)14(5-6-14)10-7-11(16-2)13(18-4)12(8-10)17-3/h7-9H,5-6,15H2,1-4H3. The summed E-state index contributed by atoms with van der Waals surface area (Å²) in [5.74, 6) is 0. The first-order chi connectivity index (χ1) is 8.58. The molecule has 0 bridgehead atoms. The van der Waals surface area contributed by atoms with E-state index in [1.54, 1.807) is 0 Å². The van der Waals surface area contributed by atoms with E-state index in [-0.39, 0.29) is 11.5 Å². The summed E-state index contributed by atoms with van der Waals surface area (Å²) in [6.07, 6.45) is 8.96. The van der Waals surface area contributed by atoms with Crippen molar-refractivity contribution in [2.75, 3.05) is 18.8 Å². The van der Waals surface area contributed by atoms with Gasteiger partial charge in [-0.25, -0.2) is 0 Å². The van der Waals surface area contributed by atoms with E-state index < -0.39 is 0 Å². The smallest absolute Gasteiger partial charge is 0.0341 e. The molecule has 1 aliphatic carbocycles. The second-order valence-corrected chi connectivity index (χ2v) is 7.37. The van der Waals surface area contributed by atoms with Crippen molar-refractivity contribution in [2.45, 2.75) is 45.9 Å². The Labute approximate surface area is 123 Å². The molecular formula is C14H21NS3. The summed E-state index contributed by atoms with van der Waals surface area (Å²) in [7, 11) is 0. The van der Waals surface area contributed by atoms with Crippen molar-refractivity contribution in [3.63, 3.8) is 0 Å². The van der Waals surface area contributed by atoms with Gasteiger partial charge in [-0.3, -0.25) is 0 Å². The summed E-state index contributed by atoms with van der Waals surface area (Å²) in [6, 6.07) is 4.99. The third-order valence-electron chi connectivity index (χ3n) is 3.90. The molecule has 1 atom stereocenters. The van der Waals surface area contributed by atoms with E-state index in [1.165, 1.54) is 33.1 Å². The summed E-state index contributed by atoms with van der Waals surface area (Å²) < 4.78 is 0. The Morgan fingerprint density at radius 3 is 1.83 bits per heavy atom. The van der Waals surface area contributed by atoms with Gasteiger partial charge in [0.25, 0.3) is 0 Å². The van der Waals surface area contributed by atoms with Gasteiger partial charge in [-0.1, -0.05) is 0 Å². The van der Waals surface area contributed by atoms with Crippen LogP contribution in [0.1, 0.15) is 25.3 Å². The Hall–Kier alpha value is 0.230. The minimum Gasteiger partial charge on any atom is -0.327 e. The van der Waals surface area contributed by atoms with E-state index in [1.807, 2.05) is 35.3 Å². The lowest BCUT2D eigenvalue weighted by Gasteiger charge is -2.23. The van der Waals surface area contributed by atoms with Gasteiger partial charge in [0.15, 0.2) is 0 Å². The number of nitrogens with two attached hydrogens (primary N) is 1. The van der Waals surface area contributed by atoms with Crippen LogP contribution in [0.15, 0.2) is 26.8 Å². The van der Waals surface area contributed by atoms with Crippen LogP contribution in [0.25, 0.3) is 0 Å². The molecule has 4 heteroatoms. The molecule has 0 radical (unpaired) electrons. The molecule has 1 aliphatic rings. The number of thioether (sulfide) groups is 3. The zero-order valence-corrected chi connectivity index (χ0v) is 13.9. The SMILES string of the molecule is CSc1cc(C2(C(C)N)CC2)cc(SC)c1SC. The molecule has 0 saturated heterocycles. The van der Waals surface area contributed by atoms with E-state index in [0.29, 0.717) is 0 Å². The topological polar surface area (TPSA) is 26.0 Å². The molecule has 2 N–H and O–H groups in total. The van der Waals surface area contributed by atoms with Gasteiger partial charge >= 0.3 is 0 Å². The molecule has 1 aromatic rings. The van der Waals surface area contributed by atoms with Crippen LogP contribution in [-0.4, -0.2) is 24.8 Å². The van der Waals surface area contributed by atoms with Gasteiger partial charge in [-0.15, -0.1) is 35.3 Å². The molecule has 0 heterocycles. The molecule has 0 spiro atoms. The molecule has 18 heavy (non-hydrogen) atoms. The van der Waals surface area contributed by atoms with Crippen LogP contribution < -0.4 is 5.73 Å². The zero-order valence-electron chi connectivity index (χ0n) is 11.4. The molecule has 0 aliphatic heterocycles. The van der Waals surface area contributed by atoms with Crippen LogP contribution in [0.2, 0.25) is 0 Å². The van der Waals surface area contributed by atoms with Gasteiger partial charge in [0, 0.05) is 26.1 Å². The minimum atomic E-state index is 0.252. The first kappa shape index (κ1) is 14.6. The number of rotatable bonds is 5. The van der Waals surface area contributed by atoms with Gasteiger partial charge in [0.05, 0.1) is 0 Å². The van der Waals surface area contributed by atoms with Crippen molar-refractivity contribution in [3.05, 3.63) is 17.7 Å². The molecule has 1 unspecified atom stereocenters. The van der Waals surface area contributed by atoms with Crippen molar-refractivity contribution < 1.29 is 0 Å². The lowest BCUT2D eigenvalue weighted by Crippen LogP contribution is -2.31. The molecule has 1 saturated carbocycles. The molecule has 2 rings (SSSR count). The van der Waals surface area contributed by atoms with Crippen molar-refractivity contribution in [1.29, 1.82) is 0 Å².